The van der Waals surface area contributed by atoms with Gasteiger partial charge in [-0.2, -0.15) is 9.78 Å². The van der Waals surface area contributed by atoms with E-state index >= 15 is 0 Å². The molecule has 0 unspecified atom stereocenters. The SMILES string of the molecule is CCCc1nc2ccc(Br)cc2c(=O)n1N=Cc1cc(C)n(-c2ccc(OCc3ccc(C)cc3)cc2)c1C. The molecular weight excluding hydrogens is 552 g/mol. The predicted octanol–water partition coefficient (Wildman–Crippen LogP) is 7.29. The number of aromatic nitrogens is 3. The second-order valence-corrected chi connectivity index (χ2v) is 10.6. The highest BCUT2D eigenvalue weighted by Crippen LogP contribution is 2.23. The maximum atomic E-state index is 13.3. The van der Waals surface area contributed by atoms with E-state index in [4.69, 9.17) is 9.72 Å². The zero-order chi connectivity index (χ0) is 27.5. The molecule has 7 heteroatoms. The first kappa shape index (κ1) is 26.6. The molecule has 0 radical (unpaired) electrons. The number of ether oxygens (including phenoxy) is 1. The fourth-order valence-electron chi connectivity index (χ4n) is 4.68. The fraction of sp³-hybridized carbons (Fsp3) is 0.219. The lowest BCUT2D eigenvalue weighted by Gasteiger charge is -2.12. The molecule has 0 bridgehead atoms. The number of halogens is 1. The number of fused-ring (bicyclic) bond motifs is 1. The summed E-state index contributed by atoms with van der Waals surface area (Å²) in [6.07, 6.45) is 3.28. The molecular formula is C32H31BrN4O2. The summed E-state index contributed by atoms with van der Waals surface area (Å²) in [5.41, 5.74) is 6.97. The average Bonchev–Trinajstić information content (AvgIpc) is 3.21. The Hall–Kier alpha value is -3.97. The zero-order valence-corrected chi connectivity index (χ0v) is 24.2. The van der Waals surface area contributed by atoms with Gasteiger partial charge in [0.2, 0.25) is 0 Å². The van der Waals surface area contributed by atoms with E-state index in [1.807, 2.05) is 24.3 Å². The second kappa shape index (κ2) is 11.4. The van der Waals surface area contributed by atoms with Gasteiger partial charge < -0.3 is 9.30 Å². The molecule has 5 aromatic rings. The fourth-order valence-corrected chi connectivity index (χ4v) is 5.04. The van der Waals surface area contributed by atoms with E-state index in [1.165, 1.54) is 10.2 Å². The highest BCUT2D eigenvalue weighted by molar-refractivity contribution is 9.10. The van der Waals surface area contributed by atoms with E-state index in [0.29, 0.717) is 29.8 Å². The third-order valence-electron chi connectivity index (χ3n) is 6.75. The van der Waals surface area contributed by atoms with Crippen LogP contribution in [0.4, 0.5) is 0 Å². The Morgan fingerprint density at radius 2 is 1.72 bits per heavy atom. The molecule has 0 aliphatic rings. The van der Waals surface area contributed by atoms with Gasteiger partial charge in [0.25, 0.3) is 5.56 Å². The lowest BCUT2D eigenvalue weighted by molar-refractivity contribution is 0.306. The van der Waals surface area contributed by atoms with Crippen molar-refractivity contribution < 1.29 is 4.74 Å². The molecule has 2 aromatic heterocycles. The molecule has 0 saturated heterocycles. The Morgan fingerprint density at radius 3 is 2.44 bits per heavy atom. The van der Waals surface area contributed by atoms with Crippen molar-refractivity contribution in [2.75, 3.05) is 0 Å². The summed E-state index contributed by atoms with van der Waals surface area (Å²) in [4.78, 5) is 18.1. The van der Waals surface area contributed by atoms with Gasteiger partial charge in [-0.25, -0.2) is 4.98 Å². The molecule has 39 heavy (non-hydrogen) atoms. The van der Waals surface area contributed by atoms with E-state index in [1.54, 1.807) is 12.3 Å². The van der Waals surface area contributed by atoms with Crippen LogP contribution in [-0.2, 0) is 13.0 Å². The minimum absolute atomic E-state index is 0.170. The Kier molecular flexibility index (Phi) is 7.79. The minimum Gasteiger partial charge on any atom is -0.489 e. The quantitative estimate of drug-likeness (QED) is 0.180. The van der Waals surface area contributed by atoms with E-state index < -0.39 is 0 Å². The highest BCUT2D eigenvalue weighted by Gasteiger charge is 2.13. The van der Waals surface area contributed by atoms with Crippen LogP contribution in [-0.4, -0.2) is 20.4 Å². The van der Waals surface area contributed by atoms with Gasteiger partial charge in [-0.1, -0.05) is 52.7 Å². The van der Waals surface area contributed by atoms with E-state index in [0.717, 1.165) is 44.8 Å². The number of benzene rings is 3. The summed E-state index contributed by atoms with van der Waals surface area (Å²) in [5.74, 6) is 1.48. The second-order valence-electron chi connectivity index (χ2n) is 9.73. The topological polar surface area (TPSA) is 61.4 Å². The summed E-state index contributed by atoms with van der Waals surface area (Å²) < 4.78 is 10.4. The lowest BCUT2D eigenvalue weighted by atomic mass is 10.2. The molecule has 3 aromatic carbocycles. The molecule has 0 aliphatic heterocycles. The third-order valence-corrected chi connectivity index (χ3v) is 7.25. The number of nitrogens with zero attached hydrogens (tertiary/aromatic N) is 4. The predicted molar refractivity (Wildman–Crippen MR) is 161 cm³/mol. The molecule has 0 fully saturated rings. The average molecular weight is 584 g/mol. The molecule has 198 valence electrons. The van der Waals surface area contributed by atoms with E-state index in [2.05, 4.69) is 95.8 Å². The minimum atomic E-state index is -0.170. The molecule has 2 heterocycles. The third kappa shape index (κ3) is 5.73. The van der Waals surface area contributed by atoms with Crippen LogP contribution >= 0.6 is 15.9 Å². The van der Waals surface area contributed by atoms with Crippen LogP contribution in [0.15, 0.2) is 87.2 Å². The van der Waals surface area contributed by atoms with Crippen molar-refractivity contribution in [2.45, 2.75) is 47.1 Å². The van der Waals surface area contributed by atoms with Crippen molar-refractivity contribution in [3.63, 3.8) is 0 Å². The zero-order valence-electron chi connectivity index (χ0n) is 22.6. The lowest BCUT2D eigenvalue weighted by Crippen LogP contribution is -2.22. The van der Waals surface area contributed by atoms with Crippen molar-refractivity contribution in [3.8, 4) is 11.4 Å². The summed E-state index contributed by atoms with van der Waals surface area (Å²) in [7, 11) is 0. The Labute approximate surface area is 236 Å². The molecule has 0 spiro atoms. The molecule has 0 aliphatic carbocycles. The first-order chi connectivity index (χ1) is 18.8. The molecule has 0 N–H and O–H groups in total. The van der Waals surface area contributed by atoms with Crippen LogP contribution in [0.5, 0.6) is 5.75 Å². The maximum Gasteiger partial charge on any atom is 0.282 e. The van der Waals surface area contributed by atoms with Crippen molar-refractivity contribution in [1.82, 2.24) is 14.2 Å². The van der Waals surface area contributed by atoms with Crippen LogP contribution in [0, 0.1) is 20.8 Å². The van der Waals surface area contributed by atoms with Crippen molar-refractivity contribution in [3.05, 3.63) is 122 Å². The number of hydrogen-bond acceptors (Lipinski definition) is 4. The molecule has 0 atom stereocenters. The first-order valence-corrected chi connectivity index (χ1v) is 13.9. The number of aryl methyl sites for hydroxylation is 3. The first-order valence-electron chi connectivity index (χ1n) is 13.1. The van der Waals surface area contributed by atoms with E-state index in [9.17, 15) is 4.79 Å². The van der Waals surface area contributed by atoms with E-state index in [-0.39, 0.29) is 5.56 Å². The Balaban J connectivity index is 1.41. The van der Waals surface area contributed by atoms with Crippen LogP contribution < -0.4 is 10.3 Å². The summed E-state index contributed by atoms with van der Waals surface area (Å²) in [5, 5.41) is 5.16. The van der Waals surface area contributed by atoms with Crippen molar-refractivity contribution in [2.24, 2.45) is 5.10 Å². The molecule has 0 saturated carbocycles. The van der Waals surface area contributed by atoms with Gasteiger partial charge in [-0.3, -0.25) is 4.79 Å². The monoisotopic (exact) mass is 582 g/mol. The van der Waals surface area contributed by atoms with Gasteiger partial charge in [0.15, 0.2) is 0 Å². The van der Waals surface area contributed by atoms with Gasteiger partial charge in [-0.15, -0.1) is 0 Å². The van der Waals surface area contributed by atoms with Gasteiger partial charge in [0.1, 0.15) is 18.2 Å². The molecule has 0 amide bonds. The molecule has 6 nitrogen and oxygen atoms in total. The van der Waals surface area contributed by atoms with Gasteiger partial charge in [-0.05, 0) is 81.3 Å². The summed E-state index contributed by atoms with van der Waals surface area (Å²) >= 11 is 3.46. The normalized spacial score (nSPS) is 11.5. The van der Waals surface area contributed by atoms with Crippen LogP contribution in [0.25, 0.3) is 16.6 Å². The number of hydrogen-bond donors (Lipinski definition) is 0. The standard InChI is InChI=1S/C32H31BrN4O2/c1-5-6-31-35-30-16-11-26(33)18-29(30)32(38)37(31)34-19-25-17-22(3)36(23(25)4)27-12-14-28(15-13-27)39-20-24-9-7-21(2)8-10-24/h7-19H,5-6,20H2,1-4H3. The van der Waals surface area contributed by atoms with Gasteiger partial charge >= 0.3 is 0 Å². The van der Waals surface area contributed by atoms with Gasteiger partial charge in [0, 0.05) is 33.5 Å². The smallest absolute Gasteiger partial charge is 0.282 e. The Bertz CT molecular complexity index is 1720. The maximum absolute atomic E-state index is 13.3. The summed E-state index contributed by atoms with van der Waals surface area (Å²) in [6.45, 7) is 8.80. The summed E-state index contributed by atoms with van der Waals surface area (Å²) in [6, 6.07) is 24.1. The highest BCUT2D eigenvalue weighted by atomic mass is 79.9. The van der Waals surface area contributed by atoms with Gasteiger partial charge in [0.05, 0.1) is 17.1 Å². The largest absolute Gasteiger partial charge is 0.489 e. The molecule has 5 rings (SSSR count). The number of rotatable bonds is 8. The Morgan fingerprint density at radius 1 is 0.974 bits per heavy atom. The van der Waals surface area contributed by atoms with Crippen LogP contribution in [0.3, 0.4) is 0 Å². The van der Waals surface area contributed by atoms with Crippen LogP contribution in [0.2, 0.25) is 0 Å². The van der Waals surface area contributed by atoms with Crippen molar-refractivity contribution in [1.29, 1.82) is 0 Å². The van der Waals surface area contributed by atoms with Crippen molar-refractivity contribution >= 4 is 33.0 Å². The van der Waals surface area contributed by atoms with Crippen LogP contribution in [0.1, 0.15) is 47.2 Å².